The predicted molar refractivity (Wildman–Crippen MR) is 91.5 cm³/mol. The van der Waals surface area contributed by atoms with E-state index in [1.165, 1.54) is 25.7 Å². The summed E-state index contributed by atoms with van der Waals surface area (Å²) in [5.41, 5.74) is 0. The van der Waals surface area contributed by atoms with Crippen molar-refractivity contribution >= 4 is 0 Å². The minimum atomic E-state index is 0.148. The van der Waals surface area contributed by atoms with Gasteiger partial charge in [-0.25, -0.2) is 0 Å². The lowest BCUT2D eigenvalue weighted by molar-refractivity contribution is -0.0529. The number of unbranched alkanes of at least 4 members (excludes halogenated alkanes) is 4. The molecular weight excluding hydrogens is 262 g/mol. The molecule has 0 fully saturated rings. The van der Waals surface area contributed by atoms with Gasteiger partial charge in [0.15, 0.2) is 0 Å². The van der Waals surface area contributed by atoms with Crippen molar-refractivity contribution in [3.63, 3.8) is 0 Å². The van der Waals surface area contributed by atoms with Gasteiger partial charge in [0.2, 0.25) is 0 Å². The molecule has 0 aromatic heterocycles. The van der Waals surface area contributed by atoms with Crippen molar-refractivity contribution in [1.82, 2.24) is 5.32 Å². The van der Waals surface area contributed by atoms with Gasteiger partial charge in [0.1, 0.15) is 12.5 Å². The molecule has 3 nitrogen and oxygen atoms in total. The molecule has 128 valence electrons. The zero-order valence-corrected chi connectivity index (χ0v) is 15.0. The molecular formula is C18H39NO2. The van der Waals surface area contributed by atoms with Crippen molar-refractivity contribution in [1.29, 1.82) is 0 Å². The second-order valence-corrected chi connectivity index (χ2v) is 5.88. The van der Waals surface area contributed by atoms with Gasteiger partial charge < -0.3 is 9.47 Å². The molecule has 0 aromatic carbocycles. The zero-order chi connectivity index (χ0) is 15.8. The highest BCUT2D eigenvalue weighted by atomic mass is 16.5. The summed E-state index contributed by atoms with van der Waals surface area (Å²) in [7, 11) is 0. The molecule has 0 saturated carbocycles. The van der Waals surface area contributed by atoms with Gasteiger partial charge in [-0.3, -0.25) is 5.32 Å². The number of rotatable bonds is 16. The summed E-state index contributed by atoms with van der Waals surface area (Å²) in [4.78, 5) is 0. The summed E-state index contributed by atoms with van der Waals surface area (Å²) in [6.07, 6.45) is 12.0. The largest absolute Gasteiger partial charge is 0.363 e. The number of hydrogen-bond donors (Lipinski definition) is 1. The van der Waals surface area contributed by atoms with Crippen molar-refractivity contribution in [2.24, 2.45) is 0 Å². The molecule has 3 heteroatoms. The van der Waals surface area contributed by atoms with E-state index in [2.05, 4.69) is 33.0 Å². The summed E-state index contributed by atoms with van der Waals surface area (Å²) in [6.45, 7) is 10.6. The van der Waals surface area contributed by atoms with E-state index >= 15 is 0 Å². The Morgan fingerprint density at radius 3 is 1.38 bits per heavy atom. The Kier molecular flexibility index (Phi) is 16.2. The first kappa shape index (κ1) is 20.9. The smallest absolute Gasteiger partial charge is 0.110 e. The van der Waals surface area contributed by atoms with Crippen LogP contribution in [0.3, 0.4) is 0 Å². The van der Waals surface area contributed by atoms with Crippen LogP contribution in [-0.2, 0) is 9.47 Å². The van der Waals surface area contributed by atoms with E-state index in [4.69, 9.17) is 9.47 Å². The SMILES string of the molecule is CCCCCOC(CCC)NC(CCC)OCCCCC. The summed E-state index contributed by atoms with van der Waals surface area (Å²) < 4.78 is 12.0. The van der Waals surface area contributed by atoms with Gasteiger partial charge in [-0.1, -0.05) is 66.2 Å². The first-order valence-electron chi connectivity index (χ1n) is 9.27. The van der Waals surface area contributed by atoms with Gasteiger partial charge in [0, 0.05) is 13.2 Å². The van der Waals surface area contributed by atoms with Crippen LogP contribution in [-0.4, -0.2) is 25.7 Å². The van der Waals surface area contributed by atoms with Gasteiger partial charge in [0.05, 0.1) is 0 Å². The van der Waals surface area contributed by atoms with Crippen LogP contribution in [0.15, 0.2) is 0 Å². The highest BCUT2D eigenvalue weighted by Crippen LogP contribution is 2.08. The average molecular weight is 302 g/mol. The molecule has 0 aliphatic rings. The van der Waals surface area contributed by atoms with Crippen LogP contribution in [0.1, 0.15) is 91.9 Å². The third-order valence-electron chi connectivity index (χ3n) is 3.61. The lowest BCUT2D eigenvalue weighted by atomic mass is 10.2. The summed E-state index contributed by atoms with van der Waals surface area (Å²) >= 11 is 0. The fourth-order valence-corrected chi connectivity index (χ4v) is 2.32. The molecule has 0 saturated heterocycles. The van der Waals surface area contributed by atoms with E-state index in [-0.39, 0.29) is 12.5 Å². The Bertz CT molecular complexity index is 180. The van der Waals surface area contributed by atoms with Crippen molar-refractivity contribution in [3.05, 3.63) is 0 Å². The number of hydrogen-bond acceptors (Lipinski definition) is 3. The molecule has 0 aliphatic carbocycles. The number of ether oxygens (including phenoxy) is 2. The second kappa shape index (κ2) is 16.3. The summed E-state index contributed by atoms with van der Waals surface area (Å²) in [5, 5.41) is 3.57. The molecule has 0 bridgehead atoms. The highest BCUT2D eigenvalue weighted by molar-refractivity contribution is 4.61. The standard InChI is InChI=1S/C18H39NO2/c1-5-9-11-15-20-17(13-7-3)19-18(14-8-4)21-16-12-10-6-2/h17-19H,5-16H2,1-4H3. The molecule has 0 radical (unpaired) electrons. The third kappa shape index (κ3) is 13.3. The van der Waals surface area contributed by atoms with Crippen molar-refractivity contribution < 1.29 is 9.47 Å². The van der Waals surface area contributed by atoms with E-state index in [9.17, 15) is 0 Å². The maximum atomic E-state index is 6.00. The van der Waals surface area contributed by atoms with Gasteiger partial charge in [-0.15, -0.1) is 0 Å². The van der Waals surface area contributed by atoms with Crippen LogP contribution < -0.4 is 5.32 Å². The number of nitrogens with one attached hydrogen (secondary N) is 1. The van der Waals surface area contributed by atoms with Gasteiger partial charge in [-0.2, -0.15) is 0 Å². The molecule has 0 aliphatic heterocycles. The fraction of sp³-hybridized carbons (Fsp3) is 1.00. The van der Waals surface area contributed by atoms with Gasteiger partial charge >= 0.3 is 0 Å². The second-order valence-electron chi connectivity index (χ2n) is 5.88. The first-order chi connectivity index (χ1) is 10.3. The first-order valence-corrected chi connectivity index (χ1v) is 9.27. The van der Waals surface area contributed by atoms with E-state index in [1.807, 2.05) is 0 Å². The molecule has 0 spiro atoms. The van der Waals surface area contributed by atoms with Crippen molar-refractivity contribution in [3.8, 4) is 0 Å². The molecule has 0 rings (SSSR count). The zero-order valence-electron chi connectivity index (χ0n) is 15.0. The summed E-state index contributed by atoms with van der Waals surface area (Å²) in [6, 6.07) is 0. The van der Waals surface area contributed by atoms with Crippen LogP contribution in [0.5, 0.6) is 0 Å². The van der Waals surface area contributed by atoms with Crippen molar-refractivity contribution in [2.45, 2.75) is 104 Å². The van der Waals surface area contributed by atoms with Crippen LogP contribution >= 0.6 is 0 Å². The van der Waals surface area contributed by atoms with Gasteiger partial charge in [0.25, 0.3) is 0 Å². The van der Waals surface area contributed by atoms with Crippen molar-refractivity contribution in [2.75, 3.05) is 13.2 Å². The molecule has 0 aromatic rings. The van der Waals surface area contributed by atoms with Crippen LogP contribution in [0.2, 0.25) is 0 Å². The third-order valence-corrected chi connectivity index (χ3v) is 3.61. The summed E-state index contributed by atoms with van der Waals surface area (Å²) in [5.74, 6) is 0. The van der Waals surface area contributed by atoms with Crippen LogP contribution in [0.4, 0.5) is 0 Å². The Morgan fingerprint density at radius 2 is 1.05 bits per heavy atom. The molecule has 2 unspecified atom stereocenters. The predicted octanol–water partition coefficient (Wildman–Crippen LogP) is 5.24. The lowest BCUT2D eigenvalue weighted by Crippen LogP contribution is -2.42. The topological polar surface area (TPSA) is 30.5 Å². The Balaban J connectivity index is 4.04. The molecule has 21 heavy (non-hydrogen) atoms. The minimum Gasteiger partial charge on any atom is -0.363 e. The molecule has 0 amide bonds. The lowest BCUT2D eigenvalue weighted by Gasteiger charge is -2.26. The maximum Gasteiger partial charge on any atom is 0.110 e. The normalized spacial score (nSPS) is 14.3. The highest BCUT2D eigenvalue weighted by Gasteiger charge is 2.14. The molecule has 0 heterocycles. The van der Waals surface area contributed by atoms with E-state index in [0.29, 0.717) is 0 Å². The van der Waals surface area contributed by atoms with E-state index in [1.54, 1.807) is 0 Å². The fourth-order valence-electron chi connectivity index (χ4n) is 2.32. The monoisotopic (exact) mass is 301 g/mol. The Morgan fingerprint density at radius 1 is 0.619 bits per heavy atom. The van der Waals surface area contributed by atoms with E-state index < -0.39 is 0 Å². The van der Waals surface area contributed by atoms with Crippen LogP contribution in [0, 0.1) is 0 Å². The maximum absolute atomic E-state index is 6.00. The molecule has 1 N–H and O–H groups in total. The Hall–Kier alpha value is -0.120. The van der Waals surface area contributed by atoms with Crippen LogP contribution in [0.25, 0.3) is 0 Å². The molecule has 2 atom stereocenters. The minimum absolute atomic E-state index is 0.148. The quantitative estimate of drug-likeness (QED) is 0.312. The van der Waals surface area contributed by atoms with Gasteiger partial charge in [-0.05, 0) is 25.7 Å². The Labute approximate surface area is 133 Å². The van der Waals surface area contributed by atoms with E-state index in [0.717, 1.165) is 51.7 Å². The average Bonchev–Trinajstić information content (AvgIpc) is 2.48.